The molecule has 2 aliphatic rings. The zero-order chi connectivity index (χ0) is 21.1. The van der Waals surface area contributed by atoms with Crippen molar-refractivity contribution in [1.82, 2.24) is 10.3 Å². The first kappa shape index (κ1) is 21.5. The number of nitrogens with one attached hydrogen (secondary N) is 2. The van der Waals surface area contributed by atoms with Crippen LogP contribution in [0.1, 0.15) is 71.3 Å². The van der Waals surface area contributed by atoms with E-state index in [0.717, 1.165) is 40.7 Å². The van der Waals surface area contributed by atoms with Gasteiger partial charge < -0.3 is 10.3 Å². The highest BCUT2D eigenvalue weighted by Gasteiger charge is 2.27. The predicted octanol–water partition coefficient (Wildman–Crippen LogP) is 5.59. The second-order valence-electron chi connectivity index (χ2n) is 8.63. The second-order valence-corrected chi connectivity index (χ2v) is 9.54. The molecule has 4 rings (SSSR count). The van der Waals surface area contributed by atoms with Crippen molar-refractivity contribution in [3.63, 3.8) is 0 Å². The van der Waals surface area contributed by atoms with Gasteiger partial charge in [-0.1, -0.05) is 35.3 Å². The lowest BCUT2D eigenvalue weighted by atomic mass is 9.93. The fourth-order valence-corrected chi connectivity index (χ4v) is 5.17. The molecule has 1 unspecified atom stereocenters. The van der Waals surface area contributed by atoms with Gasteiger partial charge in [-0.2, -0.15) is 0 Å². The van der Waals surface area contributed by atoms with E-state index < -0.39 is 0 Å². The van der Waals surface area contributed by atoms with Gasteiger partial charge in [-0.3, -0.25) is 4.79 Å². The summed E-state index contributed by atoms with van der Waals surface area (Å²) >= 11 is 3.55. The molecule has 0 aliphatic carbocycles. The molecule has 1 fully saturated rings. The first-order chi connectivity index (χ1) is 14.5. The van der Waals surface area contributed by atoms with E-state index in [2.05, 4.69) is 68.9 Å². The van der Waals surface area contributed by atoms with Crippen LogP contribution in [-0.2, 0) is 12.8 Å². The fraction of sp³-hybridized carbons (Fsp3) is 0.480. The van der Waals surface area contributed by atoms with Crippen molar-refractivity contribution in [3.05, 3.63) is 62.6 Å². The Morgan fingerprint density at radius 3 is 2.70 bits per heavy atom. The largest absolute Gasteiger partial charge is 0.321 e. The topological polar surface area (TPSA) is 44.4 Å². The fourth-order valence-electron chi connectivity index (χ4n) is 4.76. The number of hydrogen-bond donors (Lipinski definition) is 2. The van der Waals surface area contributed by atoms with Crippen LogP contribution >= 0.6 is 15.9 Å². The highest BCUT2D eigenvalue weighted by atomic mass is 79.9. The standard InChI is InChI=1S/C25H32BrN3O/c1-3-18-14-20(26)9-7-19(18)8-10-25(30)21-15-22-23(13-17(21)2)27-28-24(22)16-29-11-5-4-6-12-29/h7,9,13-15,24,27-28H,3-6,8,10-12,16H2,1-2H3. The number of ketones is 1. The molecular weight excluding hydrogens is 438 g/mol. The van der Waals surface area contributed by atoms with Gasteiger partial charge in [-0.05, 0) is 92.2 Å². The average molecular weight is 470 g/mol. The van der Waals surface area contributed by atoms with Crippen molar-refractivity contribution in [3.8, 4) is 0 Å². The quantitative estimate of drug-likeness (QED) is 0.518. The number of piperidine rings is 1. The van der Waals surface area contributed by atoms with E-state index in [1.54, 1.807) is 0 Å². The number of carbonyl (C=O) groups is 1. The zero-order valence-electron chi connectivity index (χ0n) is 18.1. The van der Waals surface area contributed by atoms with Gasteiger partial charge in [0.2, 0.25) is 0 Å². The number of anilines is 1. The maximum absolute atomic E-state index is 13.1. The summed E-state index contributed by atoms with van der Waals surface area (Å²) in [6.07, 6.45) is 6.25. The van der Waals surface area contributed by atoms with Crippen molar-refractivity contribution in [2.45, 2.75) is 58.4 Å². The number of nitrogens with zero attached hydrogens (tertiary/aromatic N) is 1. The SMILES string of the molecule is CCc1cc(Br)ccc1CCC(=O)c1cc2c(cc1C)NNC2CN1CCCCC1. The second kappa shape index (κ2) is 9.63. The number of hydrogen-bond acceptors (Lipinski definition) is 4. The van der Waals surface area contributed by atoms with E-state index in [-0.39, 0.29) is 11.8 Å². The summed E-state index contributed by atoms with van der Waals surface area (Å²) in [4.78, 5) is 15.7. The number of Topliss-reactive ketones (excluding diaryl/α,β-unsaturated/α-hetero) is 1. The van der Waals surface area contributed by atoms with Gasteiger partial charge in [0.25, 0.3) is 0 Å². The van der Waals surface area contributed by atoms with E-state index in [1.165, 1.54) is 49.0 Å². The summed E-state index contributed by atoms with van der Waals surface area (Å²) in [7, 11) is 0. The number of benzene rings is 2. The summed E-state index contributed by atoms with van der Waals surface area (Å²) in [5.41, 5.74) is 13.6. The highest BCUT2D eigenvalue weighted by molar-refractivity contribution is 9.10. The smallest absolute Gasteiger partial charge is 0.163 e. The first-order valence-corrected chi connectivity index (χ1v) is 12.0. The molecule has 2 N–H and O–H groups in total. The number of hydrazine groups is 1. The van der Waals surface area contributed by atoms with Crippen LogP contribution in [0.4, 0.5) is 5.69 Å². The minimum Gasteiger partial charge on any atom is -0.321 e. The Bertz CT molecular complexity index is 921. The number of carbonyl (C=O) groups excluding carboxylic acids is 1. The molecule has 160 valence electrons. The summed E-state index contributed by atoms with van der Waals surface area (Å²) in [6.45, 7) is 7.57. The first-order valence-electron chi connectivity index (χ1n) is 11.2. The molecule has 1 atom stereocenters. The van der Waals surface area contributed by atoms with Crippen LogP contribution in [0.15, 0.2) is 34.8 Å². The van der Waals surface area contributed by atoms with Gasteiger partial charge in [0.1, 0.15) is 0 Å². The molecular formula is C25H32BrN3O. The van der Waals surface area contributed by atoms with Crippen LogP contribution in [0.2, 0.25) is 0 Å². The Hall–Kier alpha value is -1.69. The Morgan fingerprint density at radius 2 is 1.93 bits per heavy atom. The third-order valence-corrected chi connectivity index (χ3v) is 7.01. The lowest BCUT2D eigenvalue weighted by Gasteiger charge is -2.29. The van der Waals surface area contributed by atoms with Crippen molar-refractivity contribution in [2.24, 2.45) is 0 Å². The van der Waals surface area contributed by atoms with Crippen LogP contribution in [0.3, 0.4) is 0 Å². The molecule has 0 bridgehead atoms. The van der Waals surface area contributed by atoms with E-state index >= 15 is 0 Å². The Kier molecular flexibility index (Phi) is 6.91. The molecule has 30 heavy (non-hydrogen) atoms. The molecule has 2 heterocycles. The number of likely N-dealkylation sites (tertiary alicyclic amines) is 1. The molecule has 2 aromatic rings. The lowest BCUT2D eigenvalue weighted by molar-refractivity contribution is 0.0982. The molecule has 1 saturated heterocycles. The van der Waals surface area contributed by atoms with E-state index in [4.69, 9.17) is 0 Å². The van der Waals surface area contributed by atoms with Crippen LogP contribution in [-0.4, -0.2) is 30.3 Å². The molecule has 0 radical (unpaired) electrons. The maximum Gasteiger partial charge on any atom is 0.163 e. The Labute approximate surface area is 188 Å². The Balaban J connectivity index is 1.47. The molecule has 0 saturated carbocycles. The molecule has 2 aromatic carbocycles. The lowest BCUT2D eigenvalue weighted by Crippen LogP contribution is -2.37. The summed E-state index contributed by atoms with van der Waals surface area (Å²) in [5, 5.41) is 0. The van der Waals surface area contributed by atoms with Gasteiger partial charge in [-0.15, -0.1) is 0 Å². The third-order valence-electron chi connectivity index (χ3n) is 6.51. The number of rotatable bonds is 7. The molecule has 5 heteroatoms. The van der Waals surface area contributed by atoms with Crippen LogP contribution in [0, 0.1) is 6.92 Å². The van der Waals surface area contributed by atoms with Crippen molar-refractivity contribution in [1.29, 1.82) is 0 Å². The predicted molar refractivity (Wildman–Crippen MR) is 127 cm³/mol. The van der Waals surface area contributed by atoms with Gasteiger partial charge in [0, 0.05) is 23.0 Å². The summed E-state index contributed by atoms with van der Waals surface area (Å²) in [6, 6.07) is 10.9. The van der Waals surface area contributed by atoms with Crippen LogP contribution < -0.4 is 10.9 Å². The monoisotopic (exact) mass is 469 g/mol. The van der Waals surface area contributed by atoms with E-state index in [0.29, 0.717) is 6.42 Å². The van der Waals surface area contributed by atoms with Crippen LogP contribution in [0.5, 0.6) is 0 Å². The number of halogens is 1. The number of aryl methyl sites for hydroxylation is 3. The number of fused-ring (bicyclic) bond motifs is 1. The molecule has 2 aliphatic heterocycles. The van der Waals surface area contributed by atoms with Crippen molar-refractivity contribution < 1.29 is 4.79 Å². The molecule has 0 spiro atoms. The van der Waals surface area contributed by atoms with Gasteiger partial charge in [0.15, 0.2) is 5.78 Å². The zero-order valence-corrected chi connectivity index (χ0v) is 19.6. The Morgan fingerprint density at radius 1 is 1.13 bits per heavy atom. The molecule has 0 amide bonds. The van der Waals surface area contributed by atoms with E-state index in [1.807, 2.05) is 6.92 Å². The van der Waals surface area contributed by atoms with E-state index in [9.17, 15) is 4.79 Å². The minimum absolute atomic E-state index is 0.239. The maximum atomic E-state index is 13.1. The normalized spacial score (nSPS) is 18.8. The van der Waals surface area contributed by atoms with Crippen LogP contribution in [0.25, 0.3) is 0 Å². The summed E-state index contributed by atoms with van der Waals surface area (Å²) < 4.78 is 1.10. The minimum atomic E-state index is 0.239. The van der Waals surface area contributed by atoms with Crippen molar-refractivity contribution >= 4 is 27.4 Å². The average Bonchev–Trinajstić information content (AvgIpc) is 3.13. The molecule has 0 aromatic heterocycles. The van der Waals surface area contributed by atoms with Gasteiger partial charge in [-0.25, -0.2) is 5.43 Å². The van der Waals surface area contributed by atoms with Crippen molar-refractivity contribution in [2.75, 3.05) is 25.1 Å². The highest BCUT2D eigenvalue weighted by Crippen LogP contribution is 2.33. The third kappa shape index (κ3) is 4.79. The molecule has 4 nitrogen and oxygen atoms in total. The van der Waals surface area contributed by atoms with Gasteiger partial charge >= 0.3 is 0 Å². The van der Waals surface area contributed by atoms with Gasteiger partial charge in [0.05, 0.1) is 11.7 Å². The summed E-state index contributed by atoms with van der Waals surface area (Å²) in [5.74, 6) is 0.240.